The van der Waals surface area contributed by atoms with Crippen molar-refractivity contribution >= 4 is 11.3 Å². The number of likely N-dealkylation sites (tertiary alicyclic amines) is 1. The fourth-order valence-corrected chi connectivity index (χ4v) is 4.79. The molecule has 3 nitrogen and oxygen atoms in total. The molecule has 1 aliphatic heterocycles. The van der Waals surface area contributed by atoms with E-state index >= 15 is 0 Å². The summed E-state index contributed by atoms with van der Waals surface area (Å²) in [5.41, 5.74) is 6.89. The molecule has 32 heavy (non-hydrogen) atoms. The number of fused-ring (bicyclic) bond motifs is 1. The second-order valence-electron chi connectivity index (χ2n) is 9.44. The molecule has 2 heterocycles. The zero-order valence-electron chi connectivity index (χ0n) is 19.7. The first-order valence-corrected chi connectivity index (χ1v) is 11.0. The molecule has 4 rings (SSSR count). The van der Waals surface area contributed by atoms with Crippen LogP contribution in [-0.4, -0.2) is 29.1 Å². The van der Waals surface area contributed by atoms with Crippen LogP contribution in [0.1, 0.15) is 55.1 Å². The molecule has 3 unspecified atom stereocenters. The summed E-state index contributed by atoms with van der Waals surface area (Å²) in [4.78, 5) is 2.29. The van der Waals surface area contributed by atoms with E-state index in [-0.39, 0.29) is 5.41 Å². The highest BCUT2D eigenvalue weighted by atomic mass is 19.3. The van der Waals surface area contributed by atoms with Crippen LogP contribution in [0, 0.1) is 18.8 Å². The van der Waals surface area contributed by atoms with Gasteiger partial charge < -0.3 is 9.42 Å². The molecule has 1 aromatic heterocycles. The minimum atomic E-state index is -2.73. The second-order valence-corrected chi connectivity index (χ2v) is 9.44. The number of alkyl halides is 2. The van der Waals surface area contributed by atoms with Crippen molar-refractivity contribution < 1.29 is 13.3 Å². The Morgan fingerprint density at radius 3 is 2.59 bits per heavy atom. The van der Waals surface area contributed by atoms with Crippen LogP contribution >= 0.6 is 0 Å². The summed E-state index contributed by atoms with van der Waals surface area (Å²) in [7, 11) is 0. The third-order valence-electron chi connectivity index (χ3n) is 7.05. The highest BCUT2D eigenvalue weighted by Crippen LogP contribution is 2.60. The molecule has 0 N–H and O–H groups in total. The molecule has 0 spiro atoms. The van der Waals surface area contributed by atoms with E-state index in [9.17, 15) is 8.78 Å². The molecular formula is C27H34F2N2O. The van der Waals surface area contributed by atoms with Crippen LogP contribution in [0.15, 0.2) is 55.3 Å². The Bertz CT molecular complexity index is 1020. The van der Waals surface area contributed by atoms with Crippen molar-refractivity contribution in [1.29, 1.82) is 0 Å². The summed E-state index contributed by atoms with van der Waals surface area (Å²) in [6.07, 6.45) is 3.12. The van der Waals surface area contributed by atoms with E-state index in [4.69, 9.17) is 4.52 Å². The molecule has 2 aromatic rings. The van der Waals surface area contributed by atoms with Gasteiger partial charge in [0.15, 0.2) is 0 Å². The number of piperidine rings is 1. The molecule has 1 aromatic carbocycles. The van der Waals surface area contributed by atoms with Crippen molar-refractivity contribution in [1.82, 2.24) is 10.1 Å². The number of rotatable bonds is 7. The predicted molar refractivity (Wildman–Crippen MR) is 128 cm³/mol. The van der Waals surface area contributed by atoms with Crippen molar-refractivity contribution in [3.8, 4) is 0 Å². The monoisotopic (exact) mass is 440 g/mol. The van der Waals surface area contributed by atoms with Crippen molar-refractivity contribution in [2.75, 3.05) is 13.1 Å². The van der Waals surface area contributed by atoms with Gasteiger partial charge in [-0.05, 0) is 56.7 Å². The van der Waals surface area contributed by atoms with E-state index in [0.29, 0.717) is 12.3 Å². The Kier molecular flexibility index (Phi) is 6.50. The number of nitrogens with zero attached hydrogens (tertiary/aromatic N) is 2. The molecule has 3 atom stereocenters. The van der Waals surface area contributed by atoms with Gasteiger partial charge in [-0.25, -0.2) is 8.78 Å². The molecule has 1 aliphatic carbocycles. The van der Waals surface area contributed by atoms with Gasteiger partial charge in [0.2, 0.25) is 5.92 Å². The normalized spacial score (nSPS) is 22.6. The van der Waals surface area contributed by atoms with Gasteiger partial charge in [-0.3, -0.25) is 0 Å². The Labute approximate surface area is 190 Å². The lowest BCUT2D eigenvalue weighted by Gasteiger charge is -2.28. The molecule has 1 saturated heterocycles. The van der Waals surface area contributed by atoms with Gasteiger partial charge in [0.1, 0.15) is 6.26 Å². The first-order chi connectivity index (χ1) is 15.0. The molecule has 2 aliphatic rings. The summed E-state index contributed by atoms with van der Waals surface area (Å²) in [6, 6.07) is 5.98. The topological polar surface area (TPSA) is 29.3 Å². The zero-order chi connectivity index (χ0) is 23.8. The number of halogens is 2. The number of aromatic nitrogens is 1. The molecule has 0 amide bonds. The summed E-state index contributed by atoms with van der Waals surface area (Å²) in [5, 5.41) is 4.27. The van der Waals surface area contributed by atoms with E-state index in [1.165, 1.54) is 0 Å². The van der Waals surface area contributed by atoms with Gasteiger partial charge in [0, 0.05) is 41.2 Å². The third kappa shape index (κ3) is 4.30. The number of benzene rings is 1. The zero-order valence-corrected chi connectivity index (χ0v) is 19.7. The van der Waals surface area contributed by atoms with Crippen LogP contribution in [0.3, 0.4) is 0 Å². The fourth-order valence-electron chi connectivity index (χ4n) is 4.79. The van der Waals surface area contributed by atoms with Gasteiger partial charge in [-0.1, -0.05) is 42.9 Å². The summed E-state index contributed by atoms with van der Waals surface area (Å²) < 4.78 is 33.0. The lowest BCUT2D eigenvalue weighted by atomic mass is 9.90. The van der Waals surface area contributed by atoms with Gasteiger partial charge >= 0.3 is 0 Å². The Balaban J connectivity index is 0.00000141. The van der Waals surface area contributed by atoms with Crippen LogP contribution in [0.2, 0.25) is 0 Å². The average Bonchev–Trinajstić information content (AvgIpc) is 3.07. The Hall–Kier alpha value is -2.69. The van der Waals surface area contributed by atoms with Gasteiger partial charge in [0.25, 0.3) is 0 Å². The second kappa shape index (κ2) is 8.68. The Morgan fingerprint density at radius 1 is 1.34 bits per heavy atom. The minimum Gasteiger partial charge on any atom is -0.370 e. The molecule has 0 radical (unpaired) electrons. The fraction of sp³-hybridized carbons (Fsp3) is 0.444. The largest absolute Gasteiger partial charge is 0.370 e. The van der Waals surface area contributed by atoms with Gasteiger partial charge in [-0.15, -0.1) is 13.2 Å². The third-order valence-corrected chi connectivity index (χ3v) is 7.05. The maximum absolute atomic E-state index is 13.9. The van der Waals surface area contributed by atoms with Crippen LogP contribution < -0.4 is 0 Å². The first kappa shape index (κ1) is 24.0. The molecule has 1 saturated carbocycles. The van der Waals surface area contributed by atoms with Gasteiger partial charge in [-0.2, -0.15) is 0 Å². The maximum Gasteiger partial charge on any atom is 0.248 e. The van der Waals surface area contributed by atoms with Crippen molar-refractivity contribution in [3.05, 3.63) is 78.7 Å². The van der Waals surface area contributed by atoms with Crippen LogP contribution in [0.4, 0.5) is 8.78 Å². The lowest BCUT2D eigenvalue weighted by molar-refractivity contribution is -0.0320. The maximum atomic E-state index is 13.9. The molecule has 2 fully saturated rings. The van der Waals surface area contributed by atoms with Crippen LogP contribution in [0.5, 0.6) is 0 Å². The summed E-state index contributed by atoms with van der Waals surface area (Å²) >= 11 is 0. The number of hydrogen-bond donors (Lipinski definition) is 0. The average molecular weight is 441 g/mol. The minimum absolute atomic E-state index is 0.0376. The highest BCUT2D eigenvalue weighted by Gasteiger charge is 2.63. The van der Waals surface area contributed by atoms with E-state index < -0.39 is 11.8 Å². The van der Waals surface area contributed by atoms with Crippen molar-refractivity contribution in [2.24, 2.45) is 11.8 Å². The van der Waals surface area contributed by atoms with Crippen LogP contribution in [0.25, 0.3) is 11.3 Å². The number of allylic oxidation sites excluding steroid dienone is 1. The van der Waals surface area contributed by atoms with E-state index in [1.54, 1.807) is 13.2 Å². The summed E-state index contributed by atoms with van der Waals surface area (Å²) in [6.45, 7) is 22.8. The predicted octanol–water partition coefficient (Wildman–Crippen LogP) is 6.90. The summed E-state index contributed by atoms with van der Waals surface area (Å²) in [5.74, 6) is -2.95. The number of hydrogen-bond acceptors (Lipinski definition) is 3. The standard InChI is InChI=1S/C25H30F2N2O.C2H4/c1-15(2)19-7-8-20(9-17(4)24(6,26)27)22(10-19)18(5)29-12-21-11-25(21,14-29)23-16(3)13-30-28-23;1-2/h7-8,10,13,17,21H,1,5,9,11-12,14H2,2-4,6H3;1-2H2. The van der Waals surface area contributed by atoms with E-state index in [2.05, 4.69) is 42.4 Å². The molecule has 172 valence electrons. The quantitative estimate of drug-likeness (QED) is 0.439. The van der Waals surface area contributed by atoms with Crippen LogP contribution in [-0.2, 0) is 11.8 Å². The molecule has 0 bridgehead atoms. The Morgan fingerprint density at radius 2 is 2.03 bits per heavy atom. The first-order valence-electron chi connectivity index (χ1n) is 11.0. The number of aryl methyl sites for hydroxylation is 1. The van der Waals surface area contributed by atoms with E-state index in [0.717, 1.165) is 65.7 Å². The smallest absolute Gasteiger partial charge is 0.248 e. The lowest BCUT2D eigenvalue weighted by Crippen LogP contribution is -2.27. The van der Waals surface area contributed by atoms with Crippen molar-refractivity contribution in [2.45, 2.75) is 51.9 Å². The van der Waals surface area contributed by atoms with E-state index in [1.807, 2.05) is 26.0 Å². The molecular weight excluding hydrogens is 406 g/mol. The molecule has 5 heteroatoms. The van der Waals surface area contributed by atoms with Crippen molar-refractivity contribution in [3.63, 3.8) is 0 Å². The SMILES string of the molecule is C=C.C=C(C)c1ccc(CC(C)C(C)(F)F)c(C(=C)N2CC3CC3(c3nocc3C)C2)c1. The highest BCUT2D eigenvalue weighted by molar-refractivity contribution is 5.72. The van der Waals surface area contributed by atoms with Gasteiger partial charge in [0.05, 0.1) is 5.69 Å².